The van der Waals surface area contributed by atoms with Gasteiger partial charge < -0.3 is 0 Å². The van der Waals surface area contributed by atoms with Crippen molar-refractivity contribution < 1.29 is 16.4 Å². The molecule has 0 fully saturated rings. The lowest BCUT2D eigenvalue weighted by atomic mass is 12.0. The molecule has 2 unspecified atom stereocenters. The third-order valence-electron chi connectivity index (χ3n) is 0.371. The summed E-state index contributed by atoms with van der Waals surface area (Å²) in [6, 6.07) is 0. The predicted octanol–water partition coefficient (Wildman–Crippen LogP) is 0.711. The second kappa shape index (κ2) is 4.53. The minimum atomic E-state index is -3.66. The Bertz CT molecular complexity index is 140. The van der Waals surface area contributed by atoms with Crippen molar-refractivity contribution in [1.29, 1.82) is 0 Å². The van der Waals surface area contributed by atoms with Crippen LogP contribution in [-0.2, 0) is 18.3 Å². The van der Waals surface area contributed by atoms with E-state index in [1.165, 1.54) is 0 Å². The molecule has 56 valence electrons. The molecule has 0 aromatic heterocycles. The summed E-state index contributed by atoms with van der Waals surface area (Å²) in [6.45, 7) is 3.22. The zero-order valence-electron chi connectivity index (χ0n) is 5.04. The van der Waals surface area contributed by atoms with Gasteiger partial charge in [-0.25, -0.2) is 7.94 Å². The first-order valence-electron chi connectivity index (χ1n) is 2.07. The van der Waals surface area contributed by atoms with Crippen molar-refractivity contribution in [2.75, 3.05) is 13.3 Å². The normalized spacial score (nSPS) is 14.4. The van der Waals surface area contributed by atoms with Gasteiger partial charge in [-0.3, -0.25) is 0 Å². The summed E-state index contributed by atoms with van der Waals surface area (Å²) in [5, 5.41) is 0. The summed E-state index contributed by atoms with van der Waals surface area (Å²) >= 11 is 0. The Kier molecular flexibility index (Phi) is 4.90. The minimum absolute atomic E-state index is 0.0895. The molecular formula is C2H8O4P2S. The van der Waals surface area contributed by atoms with E-state index in [2.05, 4.69) is 7.94 Å². The Balaban J connectivity index is 3.73. The van der Waals surface area contributed by atoms with E-state index in [4.69, 9.17) is 0 Å². The molecule has 0 aliphatic heterocycles. The molecule has 0 bridgehead atoms. The maximum absolute atomic E-state index is 10.4. The van der Waals surface area contributed by atoms with Gasteiger partial charge in [0.15, 0.2) is 0 Å². The van der Waals surface area contributed by atoms with Crippen molar-refractivity contribution >= 4 is 28.0 Å². The van der Waals surface area contributed by atoms with E-state index < -0.39 is 10.4 Å². The lowest BCUT2D eigenvalue weighted by Gasteiger charge is -1.98. The maximum atomic E-state index is 10.4. The number of hydrogen-bond acceptors (Lipinski definition) is 4. The molecule has 0 heterocycles. The molecular weight excluding hydrogens is 182 g/mol. The highest BCUT2D eigenvalue weighted by Gasteiger charge is 2.07. The van der Waals surface area contributed by atoms with Gasteiger partial charge in [-0.2, -0.15) is 8.42 Å². The fourth-order valence-electron chi connectivity index (χ4n) is 0.221. The molecule has 0 N–H and O–H groups in total. The second-order valence-electron chi connectivity index (χ2n) is 0.983. The minimum Gasteiger partial charge on any atom is -0.229 e. The summed E-state index contributed by atoms with van der Waals surface area (Å²) in [7, 11) is -3.84. The molecule has 0 radical (unpaired) electrons. The smallest absolute Gasteiger partial charge is 0.229 e. The Morgan fingerprint density at radius 2 is 1.44 bits per heavy atom. The van der Waals surface area contributed by atoms with Gasteiger partial charge in [0.1, 0.15) is 0 Å². The fourth-order valence-corrected chi connectivity index (χ4v) is 2.30. The van der Waals surface area contributed by atoms with Gasteiger partial charge in [0.2, 0.25) is 0 Å². The molecule has 9 heavy (non-hydrogen) atoms. The SMILES string of the molecule is CPOS(=O)(=O)OPC. The predicted molar refractivity (Wildman–Crippen MR) is 39.6 cm³/mol. The van der Waals surface area contributed by atoms with Crippen LogP contribution in [-0.4, -0.2) is 21.7 Å². The summed E-state index contributed by atoms with van der Waals surface area (Å²) < 4.78 is 29.3. The summed E-state index contributed by atoms with van der Waals surface area (Å²) in [4.78, 5) is 0. The van der Waals surface area contributed by atoms with Crippen LogP contribution < -0.4 is 0 Å². The molecule has 0 amide bonds. The van der Waals surface area contributed by atoms with Crippen LogP contribution in [0.4, 0.5) is 0 Å². The Labute approximate surface area is 58.4 Å². The topological polar surface area (TPSA) is 52.6 Å². The fraction of sp³-hybridized carbons (Fsp3) is 1.00. The summed E-state index contributed by atoms with van der Waals surface area (Å²) in [5.41, 5.74) is 0. The van der Waals surface area contributed by atoms with E-state index >= 15 is 0 Å². The second-order valence-corrected chi connectivity index (χ2v) is 3.95. The quantitative estimate of drug-likeness (QED) is 0.612. The van der Waals surface area contributed by atoms with Crippen LogP contribution in [0.5, 0.6) is 0 Å². The lowest BCUT2D eigenvalue weighted by Crippen LogP contribution is -1.97. The summed E-state index contributed by atoms with van der Waals surface area (Å²) in [5.74, 6) is 0. The molecule has 0 saturated heterocycles. The summed E-state index contributed by atoms with van der Waals surface area (Å²) in [6.07, 6.45) is 0. The maximum Gasteiger partial charge on any atom is 0.405 e. The van der Waals surface area contributed by atoms with Crippen molar-refractivity contribution in [3.63, 3.8) is 0 Å². The Morgan fingerprint density at radius 1 is 1.11 bits per heavy atom. The van der Waals surface area contributed by atoms with Gasteiger partial charge in [0.25, 0.3) is 0 Å². The van der Waals surface area contributed by atoms with Gasteiger partial charge in [-0.15, -0.1) is 0 Å². The molecule has 0 aromatic carbocycles. The van der Waals surface area contributed by atoms with Crippen molar-refractivity contribution in [3.8, 4) is 0 Å². The average Bonchev–Trinajstić information content (AvgIpc) is 1.64. The zero-order valence-corrected chi connectivity index (χ0v) is 7.86. The van der Waals surface area contributed by atoms with E-state index in [-0.39, 0.29) is 17.6 Å². The van der Waals surface area contributed by atoms with Gasteiger partial charge >= 0.3 is 10.4 Å². The van der Waals surface area contributed by atoms with Crippen molar-refractivity contribution in [2.24, 2.45) is 0 Å². The van der Waals surface area contributed by atoms with Crippen LogP contribution in [0.15, 0.2) is 0 Å². The highest BCUT2D eigenvalue weighted by molar-refractivity contribution is 7.87. The van der Waals surface area contributed by atoms with E-state index in [0.717, 1.165) is 0 Å². The van der Waals surface area contributed by atoms with Crippen LogP contribution in [0.2, 0.25) is 0 Å². The van der Waals surface area contributed by atoms with Gasteiger partial charge in [-0.05, 0) is 13.3 Å². The lowest BCUT2D eigenvalue weighted by molar-refractivity contribution is 0.431. The van der Waals surface area contributed by atoms with Crippen molar-refractivity contribution in [1.82, 2.24) is 0 Å². The molecule has 4 nitrogen and oxygen atoms in total. The molecule has 7 heteroatoms. The van der Waals surface area contributed by atoms with Crippen molar-refractivity contribution in [3.05, 3.63) is 0 Å². The van der Waals surface area contributed by atoms with E-state index in [9.17, 15) is 8.42 Å². The number of rotatable bonds is 4. The van der Waals surface area contributed by atoms with Crippen LogP contribution in [0.3, 0.4) is 0 Å². The van der Waals surface area contributed by atoms with Crippen LogP contribution >= 0.6 is 17.6 Å². The van der Waals surface area contributed by atoms with E-state index in [1.807, 2.05) is 0 Å². The molecule has 0 aliphatic rings. The highest BCUT2D eigenvalue weighted by Crippen LogP contribution is 2.18. The third kappa shape index (κ3) is 5.19. The van der Waals surface area contributed by atoms with Crippen molar-refractivity contribution in [2.45, 2.75) is 0 Å². The highest BCUT2D eigenvalue weighted by atomic mass is 32.3. The first-order chi connectivity index (χ1) is 4.12. The van der Waals surface area contributed by atoms with E-state index in [0.29, 0.717) is 0 Å². The largest absolute Gasteiger partial charge is 0.405 e. The van der Waals surface area contributed by atoms with E-state index in [1.54, 1.807) is 13.3 Å². The van der Waals surface area contributed by atoms with Crippen LogP contribution in [0.25, 0.3) is 0 Å². The monoisotopic (exact) mass is 190 g/mol. The average molecular weight is 190 g/mol. The molecule has 2 atom stereocenters. The molecule has 0 spiro atoms. The molecule has 0 aliphatic carbocycles. The first kappa shape index (κ1) is 9.73. The van der Waals surface area contributed by atoms with Gasteiger partial charge in [0.05, 0.1) is 0 Å². The zero-order chi connectivity index (χ0) is 7.33. The molecule has 0 saturated carbocycles. The standard InChI is InChI=1S/C2H8O4P2S/c1-7-5-9(3,4)6-8-2/h7-8H,1-2H3. The molecule has 0 rings (SSSR count). The third-order valence-corrected chi connectivity index (χ3v) is 3.34. The Hall–Kier alpha value is 0.730. The van der Waals surface area contributed by atoms with Crippen LogP contribution in [0.1, 0.15) is 0 Å². The first-order valence-corrected chi connectivity index (χ1v) is 6.22. The van der Waals surface area contributed by atoms with Crippen LogP contribution in [0, 0.1) is 0 Å². The molecule has 0 aromatic rings. The Morgan fingerprint density at radius 3 is 1.67 bits per heavy atom. The number of hydrogen-bond donors (Lipinski definition) is 0. The van der Waals surface area contributed by atoms with Gasteiger partial charge in [-0.1, -0.05) is 0 Å². The van der Waals surface area contributed by atoms with Gasteiger partial charge in [0, 0.05) is 17.6 Å².